The summed E-state index contributed by atoms with van der Waals surface area (Å²) in [4.78, 5) is 16.5. The van der Waals surface area contributed by atoms with Crippen LogP contribution in [-0.2, 0) is 14.9 Å². The molecule has 1 aliphatic carbocycles. The van der Waals surface area contributed by atoms with Gasteiger partial charge in [0.15, 0.2) is 0 Å². The van der Waals surface area contributed by atoms with E-state index in [-0.39, 0.29) is 5.97 Å². The van der Waals surface area contributed by atoms with Crippen LogP contribution in [0.25, 0.3) is 0 Å². The summed E-state index contributed by atoms with van der Waals surface area (Å²) in [5.41, 5.74) is -0.594. The normalized spacial score (nSPS) is 19.6. The lowest BCUT2D eigenvalue weighted by molar-refractivity contribution is -0.151. The van der Waals surface area contributed by atoms with Gasteiger partial charge in [0.1, 0.15) is 17.6 Å². The number of hydrogen-bond donors (Lipinski definition) is 1. The SMILES string of the molecule is CCOC(=O)C1(c2ncn[nH]2)CCCCCC1. The van der Waals surface area contributed by atoms with Gasteiger partial charge >= 0.3 is 5.97 Å². The molecule has 0 amide bonds. The van der Waals surface area contributed by atoms with Crippen molar-refractivity contribution < 1.29 is 9.53 Å². The summed E-state index contributed by atoms with van der Waals surface area (Å²) in [6.45, 7) is 2.25. The number of carbonyl (C=O) groups excluding carboxylic acids is 1. The highest BCUT2D eigenvalue weighted by atomic mass is 16.5. The molecule has 1 N–H and O–H groups in total. The molecule has 1 fully saturated rings. The zero-order valence-corrected chi connectivity index (χ0v) is 10.2. The minimum atomic E-state index is -0.594. The third kappa shape index (κ3) is 2.33. The van der Waals surface area contributed by atoms with Gasteiger partial charge in [-0.15, -0.1) is 0 Å². The van der Waals surface area contributed by atoms with Crippen LogP contribution in [0.4, 0.5) is 0 Å². The van der Waals surface area contributed by atoms with E-state index < -0.39 is 5.41 Å². The van der Waals surface area contributed by atoms with Gasteiger partial charge < -0.3 is 4.74 Å². The van der Waals surface area contributed by atoms with Crippen molar-refractivity contribution in [2.45, 2.75) is 50.9 Å². The molecule has 2 rings (SSSR count). The van der Waals surface area contributed by atoms with Crippen LogP contribution >= 0.6 is 0 Å². The van der Waals surface area contributed by atoms with Crippen molar-refractivity contribution >= 4 is 5.97 Å². The van der Waals surface area contributed by atoms with Crippen molar-refractivity contribution in [3.8, 4) is 0 Å². The summed E-state index contributed by atoms with van der Waals surface area (Å²) < 4.78 is 5.24. The first-order chi connectivity index (χ1) is 8.29. The van der Waals surface area contributed by atoms with Crippen molar-refractivity contribution in [1.29, 1.82) is 0 Å². The van der Waals surface area contributed by atoms with Gasteiger partial charge in [0.05, 0.1) is 6.61 Å². The van der Waals surface area contributed by atoms with Crippen LogP contribution in [0.2, 0.25) is 0 Å². The fourth-order valence-electron chi connectivity index (χ4n) is 2.57. The largest absolute Gasteiger partial charge is 0.465 e. The van der Waals surface area contributed by atoms with E-state index in [1.165, 1.54) is 19.2 Å². The Hall–Kier alpha value is -1.39. The quantitative estimate of drug-likeness (QED) is 0.644. The second kappa shape index (κ2) is 5.29. The third-order valence-corrected chi connectivity index (χ3v) is 3.49. The van der Waals surface area contributed by atoms with E-state index in [9.17, 15) is 4.79 Å². The second-order valence-electron chi connectivity index (χ2n) is 4.55. The highest BCUT2D eigenvalue weighted by molar-refractivity contribution is 5.82. The van der Waals surface area contributed by atoms with E-state index in [0.717, 1.165) is 25.7 Å². The molecule has 0 bridgehead atoms. The molecule has 0 atom stereocenters. The number of hydrogen-bond acceptors (Lipinski definition) is 4. The van der Waals surface area contributed by atoms with Crippen LogP contribution < -0.4 is 0 Å². The fourth-order valence-corrected chi connectivity index (χ4v) is 2.57. The Kier molecular flexibility index (Phi) is 3.76. The second-order valence-corrected chi connectivity index (χ2v) is 4.55. The van der Waals surface area contributed by atoms with Crippen LogP contribution in [0.3, 0.4) is 0 Å². The van der Waals surface area contributed by atoms with E-state index in [4.69, 9.17) is 4.74 Å². The highest BCUT2D eigenvalue weighted by Crippen LogP contribution is 2.37. The predicted octanol–water partition coefficient (Wildman–Crippen LogP) is 1.96. The molecule has 0 unspecified atom stereocenters. The van der Waals surface area contributed by atoms with Crippen molar-refractivity contribution in [1.82, 2.24) is 15.2 Å². The highest BCUT2D eigenvalue weighted by Gasteiger charge is 2.44. The number of aromatic amines is 1. The van der Waals surface area contributed by atoms with Gasteiger partial charge in [-0.1, -0.05) is 25.7 Å². The van der Waals surface area contributed by atoms with Gasteiger partial charge in [-0.2, -0.15) is 5.10 Å². The molecule has 1 aromatic heterocycles. The van der Waals surface area contributed by atoms with Gasteiger partial charge in [0, 0.05) is 0 Å². The average Bonchev–Trinajstić information content (AvgIpc) is 2.75. The molecular formula is C12H19N3O2. The Morgan fingerprint density at radius 2 is 2.12 bits per heavy atom. The first-order valence-electron chi connectivity index (χ1n) is 6.32. The molecule has 0 spiro atoms. The summed E-state index contributed by atoms with van der Waals surface area (Å²) in [6.07, 6.45) is 7.51. The lowest BCUT2D eigenvalue weighted by Gasteiger charge is -2.27. The number of ether oxygens (including phenoxy) is 1. The Bertz CT molecular complexity index is 354. The third-order valence-electron chi connectivity index (χ3n) is 3.49. The van der Waals surface area contributed by atoms with E-state index in [0.29, 0.717) is 12.4 Å². The number of esters is 1. The van der Waals surface area contributed by atoms with E-state index >= 15 is 0 Å². The molecule has 0 radical (unpaired) electrons. The first-order valence-corrected chi connectivity index (χ1v) is 6.32. The summed E-state index contributed by atoms with van der Waals surface area (Å²) in [7, 11) is 0. The maximum Gasteiger partial charge on any atom is 0.319 e. The summed E-state index contributed by atoms with van der Waals surface area (Å²) >= 11 is 0. The number of nitrogens with zero attached hydrogens (tertiary/aromatic N) is 2. The van der Waals surface area contributed by atoms with Crippen molar-refractivity contribution in [2.24, 2.45) is 0 Å². The standard InChI is InChI=1S/C12H19N3O2/c1-2-17-11(16)12(10-13-9-14-15-10)7-5-3-4-6-8-12/h9H,2-8H2,1H3,(H,13,14,15). The molecule has 17 heavy (non-hydrogen) atoms. The number of nitrogens with one attached hydrogen (secondary N) is 1. The van der Waals surface area contributed by atoms with E-state index in [1.54, 1.807) is 0 Å². The molecule has 1 aliphatic rings. The predicted molar refractivity (Wildman–Crippen MR) is 62.4 cm³/mol. The molecule has 94 valence electrons. The summed E-state index contributed by atoms with van der Waals surface area (Å²) in [6, 6.07) is 0. The first kappa shape index (κ1) is 12.1. The molecule has 1 saturated carbocycles. The lowest BCUT2D eigenvalue weighted by atomic mass is 9.79. The number of aromatic nitrogens is 3. The maximum absolute atomic E-state index is 12.3. The Morgan fingerprint density at radius 3 is 2.65 bits per heavy atom. The molecule has 5 nitrogen and oxygen atoms in total. The number of carbonyl (C=O) groups is 1. The van der Waals surface area contributed by atoms with Gasteiger partial charge in [0.2, 0.25) is 0 Å². The van der Waals surface area contributed by atoms with E-state index in [2.05, 4.69) is 15.2 Å². The van der Waals surface area contributed by atoms with Gasteiger partial charge in [-0.05, 0) is 19.8 Å². The zero-order chi connectivity index (χ0) is 12.1. The minimum absolute atomic E-state index is 0.154. The zero-order valence-electron chi connectivity index (χ0n) is 10.2. The fraction of sp³-hybridized carbons (Fsp3) is 0.750. The minimum Gasteiger partial charge on any atom is -0.465 e. The van der Waals surface area contributed by atoms with Gasteiger partial charge in [-0.25, -0.2) is 4.98 Å². The van der Waals surface area contributed by atoms with Crippen LogP contribution in [0, 0.1) is 0 Å². The van der Waals surface area contributed by atoms with E-state index in [1.807, 2.05) is 6.92 Å². The molecule has 0 aliphatic heterocycles. The Morgan fingerprint density at radius 1 is 1.41 bits per heavy atom. The van der Waals surface area contributed by atoms with Crippen LogP contribution in [-0.4, -0.2) is 27.8 Å². The summed E-state index contributed by atoms with van der Waals surface area (Å²) in [5, 5.41) is 6.72. The lowest BCUT2D eigenvalue weighted by Crippen LogP contribution is -2.38. The average molecular weight is 237 g/mol. The van der Waals surface area contributed by atoms with Crippen molar-refractivity contribution in [2.75, 3.05) is 6.61 Å². The Balaban J connectivity index is 2.30. The monoisotopic (exact) mass is 237 g/mol. The smallest absolute Gasteiger partial charge is 0.319 e. The molecule has 1 heterocycles. The molecular weight excluding hydrogens is 218 g/mol. The molecule has 0 aromatic carbocycles. The summed E-state index contributed by atoms with van der Waals surface area (Å²) in [5.74, 6) is 0.511. The molecule has 5 heteroatoms. The number of H-pyrrole nitrogens is 1. The van der Waals surface area contributed by atoms with Crippen molar-refractivity contribution in [3.05, 3.63) is 12.2 Å². The van der Waals surface area contributed by atoms with Crippen LogP contribution in [0.15, 0.2) is 6.33 Å². The molecule has 0 saturated heterocycles. The Labute approximate surface area is 101 Å². The van der Waals surface area contributed by atoms with Crippen molar-refractivity contribution in [3.63, 3.8) is 0 Å². The van der Waals surface area contributed by atoms with Crippen LogP contribution in [0.5, 0.6) is 0 Å². The van der Waals surface area contributed by atoms with Crippen LogP contribution in [0.1, 0.15) is 51.3 Å². The van der Waals surface area contributed by atoms with Gasteiger partial charge in [0.25, 0.3) is 0 Å². The number of rotatable bonds is 3. The maximum atomic E-state index is 12.3. The topological polar surface area (TPSA) is 67.9 Å². The molecule has 1 aromatic rings. The van der Waals surface area contributed by atoms with Gasteiger partial charge in [-0.3, -0.25) is 9.89 Å².